The summed E-state index contributed by atoms with van der Waals surface area (Å²) in [4.78, 5) is 42.4. The van der Waals surface area contributed by atoms with Gasteiger partial charge in [-0.05, 0) is 59.0 Å². The Morgan fingerprint density at radius 1 is 0.714 bits per heavy atom. The quantitative estimate of drug-likeness (QED) is 0.0298. The van der Waals surface area contributed by atoms with Crippen molar-refractivity contribution in [3.8, 4) is 28.4 Å². The van der Waals surface area contributed by atoms with Crippen molar-refractivity contribution in [1.82, 2.24) is 5.43 Å². The van der Waals surface area contributed by atoms with E-state index in [2.05, 4.69) is 29.7 Å². The van der Waals surface area contributed by atoms with Crippen molar-refractivity contribution < 1.29 is 37.9 Å². The molecule has 0 spiro atoms. The number of rotatable bonds is 20. The Bertz CT molecular complexity index is 2450. The number of nitrogens with zero attached hydrogens (tertiary/aromatic N) is 1. The molecule has 4 atom stereocenters. The zero-order valence-electron chi connectivity index (χ0n) is 35.9. The van der Waals surface area contributed by atoms with E-state index in [0.717, 1.165) is 40.7 Å². The van der Waals surface area contributed by atoms with Crippen LogP contribution >= 0.6 is 0 Å². The molecule has 324 valence electrons. The second kappa shape index (κ2) is 20.4. The van der Waals surface area contributed by atoms with Crippen LogP contribution in [0.1, 0.15) is 82.4 Å². The van der Waals surface area contributed by atoms with E-state index in [0.29, 0.717) is 40.4 Å². The number of hydrogen-bond donors (Lipinski definition) is 3. The van der Waals surface area contributed by atoms with E-state index in [-0.39, 0.29) is 36.1 Å². The average Bonchev–Trinajstić information content (AvgIpc) is 3.66. The fraction of sp³-hybridized carbons (Fsp3) is 0.250. The maximum atomic E-state index is 14.6. The van der Waals surface area contributed by atoms with Crippen molar-refractivity contribution in [2.24, 2.45) is 11.5 Å². The summed E-state index contributed by atoms with van der Waals surface area (Å²) < 4.78 is 23.7. The first-order chi connectivity index (χ1) is 30.7. The number of nitrogens with one attached hydrogen (secondary N) is 1. The molecular weight excluding hydrogens is 793 g/mol. The number of esters is 1. The van der Waals surface area contributed by atoms with Crippen LogP contribution in [0.3, 0.4) is 0 Å². The third-order valence-electron chi connectivity index (χ3n) is 11.7. The molecule has 1 amide bonds. The monoisotopic (exact) mass is 847 g/mol. The maximum Gasteiger partial charge on any atom is 0.338 e. The lowest BCUT2D eigenvalue weighted by atomic mass is 9.86. The molecule has 0 bridgehead atoms. The molecule has 0 aromatic heterocycles. The molecule has 3 unspecified atom stereocenters. The van der Waals surface area contributed by atoms with Crippen molar-refractivity contribution in [2.75, 3.05) is 34.0 Å². The van der Waals surface area contributed by atoms with Crippen LogP contribution in [0.15, 0.2) is 152 Å². The Labute approximate surface area is 369 Å². The van der Waals surface area contributed by atoms with Crippen LogP contribution in [0.4, 0.5) is 0 Å². The molecule has 0 heterocycles. The molecule has 11 heteroatoms. The van der Waals surface area contributed by atoms with Crippen LogP contribution in [0.25, 0.3) is 11.1 Å². The van der Waals surface area contributed by atoms with Crippen LogP contribution < -0.4 is 31.1 Å². The normalized spacial score (nSPS) is 14.2. The highest BCUT2D eigenvalue weighted by Crippen LogP contribution is 2.53. The fourth-order valence-electron chi connectivity index (χ4n) is 8.69. The lowest BCUT2D eigenvalue weighted by molar-refractivity contribution is -0.977. The van der Waals surface area contributed by atoms with E-state index in [1.165, 1.54) is 0 Å². The Hall–Kier alpha value is -6.79. The predicted octanol–water partition coefficient (Wildman–Crippen LogP) is 8.43. The smallest absolute Gasteiger partial charge is 0.338 e. The van der Waals surface area contributed by atoms with E-state index in [4.69, 9.17) is 30.4 Å². The number of carbonyl (C=O) groups excluding carboxylic acids is 3. The van der Waals surface area contributed by atoms with Gasteiger partial charge in [0.1, 0.15) is 11.9 Å². The Kier molecular flexibility index (Phi) is 14.3. The lowest BCUT2D eigenvalue weighted by Crippen LogP contribution is -2.67. The van der Waals surface area contributed by atoms with Gasteiger partial charge in [0.25, 0.3) is 0 Å². The van der Waals surface area contributed by atoms with Crippen LogP contribution in [0, 0.1) is 0 Å². The van der Waals surface area contributed by atoms with Crippen molar-refractivity contribution >= 4 is 17.7 Å². The van der Waals surface area contributed by atoms with E-state index in [9.17, 15) is 14.4 Å². The molecule has 11 nitrogen and oxygen atoms in total. The molecule has 6 aromatic rings. The van der Waals surface area contributed by atoms with Gasteiger partial charge < -0.3 is 24.7 Å². The number of fused-ring (bicyclic) bond motifs is 3. The summed E-state index contributed by atoms with van der Waals surface area (Å²) in [7, 11) is 3.15. The van der Waals surface area contributed by atoms with Gasteiger partial charge in [0.05, 0.1) is 31.7 Å². The molecular formula is C52H55N4O7+. The van der Waals surface area contributed by atoms with Crippen LogP contribution in [-0.2, 0) is 14.3 Å². The molecule has 1 aliphatic rings. The lowest BCUT2D eigenvalue weighted by Gasteiger charge is -2.43. The second-order valence-corrected chi connectivity index (χ2v) is 15.7. The zero-order valence-corrected chi connectivity index (χ0v) is 35.9. The summed E-state index contributed by atoms with van der Waals surface area (Å²) in [5.74, 6) is -0.136. The van der Waals surface area contributed by atoms with Gasteiger partial charge in [-0.15, -0.1) is 0 Å². The number of ketones is 1. The van der Waals surface area contributed by atoms with Gasteiger partial charge in [0, 0.05) is 16.7 Å². The Morgan fingerprint density at radius 3 is 1.92 bits per heavy atom. The first kappa shape index (κ1) is 44.3. The van der Waals surface area contributed by atoms with E-state index >= 15 is 0 Å². The number of quaternary nitrogens is 1. The van der Waals surface area contributed by atoms with Gasteiger partial charge in [-0.25, -0.2) is 4.79 Å². The summed E-state index contributed by atoms with van der Waals surface area (Å²) in [6.45, 7) is 1.36. The third kappa shape index (κ3) is 9.66. The number of ether oxygens (including phenoxy) is 4. The molecule has 0 fully saturated rings. The molecule has 6 aromatic carbocycles. The summed E-state index contributed by atoms with van der Waals surface area (Å²) in [5.41, 5.74) is 22.9. The average molecular weight is 848 g/mol. The molecule has 0 saturated heterocycles. The highest BCUT2D eigenvalue weighted by molar-refractivity contribution is 5.90. The topological polar surface area (TPSA) is 152 Å². The van der Waals surface area contributed by atoms with Gasteiger partial charge in [-0.1, -0.05) is 141 Å². The Balaban J connectivity index is 1.26. The van der Waals surface area contributed by atoms with Crippen molar-refractivity contribution in [3.63, 3.8) is 0 Å². The van der Waals surface area contributed by atoms with Crippen LogP contribution in [-0.4, -0.2) is 62.3 Å². The van der Waals surface area contributed by atoms with Gasteiger partial charge in [-0.3, -0.25) is 15.3 Å². The van der Waals surface area contributed by atoms with Crippen molar-refractivity contribution in [2.45, 2.75) is 50.3 Å². The standard InChI is InChI=1S/C52H54N4O7/c1-4-5-26-44(54)45(57)32-56(34-53,55-47(58)33-62-38-19-10-7-11-20-38)49(35-17-8-6-9-18-35)36-28-30-37(31-29-36)52(59)63-51(43-25-16-27-46(60-2)50(43)61-3)48-41-23-14-12-21-39(41)40-22-13-15-24-42(40)48/h6-25,27-31,44,48-49,51H,4-5,26,32-34,53-54H2,1-3H3/p+1/t44-,49?,51?,56?/m0/s1. The summed E-state index contributed by atoms with van der Waals surface area (Å²) >= 11 is 0. The number of Topliss-reactive ketones (excluding diaryl/α,β-unsaturated/α-hetero) is 1. The van der Waals surface area contributed by atoms with Crippen molar-refractivity contribution in [1.29, 1.82) is 0 Å². The number of para-hydroxylation sites is 2. The second-order valence-electron chi connectivity index (χ2n) is 15.7. The summed E-state index contributed by atoms with van der Waals surface area (Å²) in [5, 5.41) is 0. The van der Waals surface area contributed by atoms with Gasteiger partial charge in [0.15, 0.2) is 37.4 Å². The third-order valence-corrected chi connectivity index (χ3v) is 11.7. The Morgan fingerprint density at radius 2 is 1.32 bits per heavy atom. The SMILES string of the molecule is CCCC[C@H](N)C(=O)C[N+](CN)(NC(=O)COc1ccccc1)C(c1ccccc1)c1ccc(C(=O)OC(c2cccc(OC)c2OC)C2c3ccccc3-c3ccccc32)cc1. The minimum atomic E-state index is -0.818. The number of hydrogen-bond acceptors (Lipinski definition) is 9. The van der Waals surface area contributed by atoms with E-state index in [1.807, 2.05) is 110 Å². The zero-order chi connectivity index (χ0) is 44.3. The molecule has 5 N–H and O–H groups in total. The van der Waals surface area contributed by atoms with Gasteiger partial charge >= 0.3 is 11.9 Å². The molecule has 0 aliphatic heterocycles. The molecule has 63 heavy (non-hydrogen) atoms. The van der Waals surface area contributed by atoms with Crippen molar-refractivity contribution in [3.05, 3.63) is 185 Å². The van der Waals surface area contributed by atoms with Gasteiger partial charge in [0.2, 0.25) is 5.78 Å². The number of carbonyl (C=O) groups is 3. The number of methoxy groups -OCH3 is 2. The first-order valence-electron chi connectivity index (χ1n) is 21.3. The molecule has 0 saturated carbocycles. The van der Waals surface area contributed by atoms with E-state index < -0.39 is 30.1 Å². The van der Waals surface area contributed by atoms with E-state index in [1.54, 1.807) is 38.5 Å². The molecule has 1 aliphatic carbocycles. The summed E-state index contributed by atoms with van der Waals surface area (Å²) in [6.07, 6.45) is 1.33. The predicted molar refractivity (Wildman–Crippen MR) is 243 cm³/mol. The maximum absolute atomic E-state index is 14.6. The highest BCUT2D eigenvalue weighted by atomic mass is 16.5. The van der Waals surface area contributed by atoms with Crippen LogP contribution in [0.5, 0.6) is 17.2 Å². The fourth-order valence-corrected chi connectivity index (χ4v) is 8.69. The number of nitrogens with two attached hydrogens (primary N) is 2. The number of benzene rings is 6. The number of amides is 1. The largest absolute Gasteiger partial charge is 0.493 e. The van der Waals surface area contributed by atoms with Crippen LogP contribution in [0.2, 0.25) is 0 Å². The minimum absolute atomic E-state index is 0.166. The first-order valence-corrected chi connectivity index (χ1v) is 21.3. The summed E-state index contributed by atoms with van der Waals surface area (Å²) in [6, 6.07) is 46.0. The highest BCUT2D eigenvalue weighted by Gasteiger charge is 2.44. The number of unbranched alkanes of at least 4 members (excludes halogenated alkanes) is 1. The molecule has 0 radical (unpaired) electrons. The minimum Gasteiger partial charge on any atom is -0.493 e. The van der Waals surface area contributed by atoms with Gasteiger partial charge in [-0.2, -0.15) is 10.0 Å². The molecule has 7 rings (SSSR count).